The highest BCUT2D eigenvalue weighted by Gasteiger charge is 2.32. The van der Waals surface area contributed by atoms with Crippen LogP contribution in [0.15, 0.2) is 30.6 Å². The number of carbonyl (C=O) groups is 1. The molecule has 2 saturated heterocycles. The summed E-state index contributed by atoms with van der Waals surface area (Å²) in [6.07, 6.45) is 2.14. The summed E-state index contributed by atoms with van der Waals surface area (Å²) in [6, 6.07) is 7.64. The van der Waals surface area contributed by atoms with E-state index in [1.807, 2.05) is 54.8 Å². The zero-order valence-corrected chi connectivity index (χ0v) is 19.7. The van der Waals surface area contributed by atoms with Gasteiger partial charge in [0.15, 0.2) is 11.6 Å². The monoisotopic (exact) mass is 457 g/mol. The summed E-state index contributed by atoms with van der Waals surface area (Å²) in [5.41, 5.74) is 0.658. The minimum atomic E-state index is -0.396. The molecule has 2 aliphatic heterocycles. The highest BCUT2D eigenvalue weighted by atomic mass is 19.1. The molecule has 0 radical (unpaired) electrons. The standard InChI is InChI=1S/C24H32FN5O3/c1-16(28-17(2)31)18-5-7-19(8-6-18)33-20-9-10-29(13-20)22-21(25)23(27-15-26-22)30-11-12-32-24(3,4)14-30/h5-8,15-16,20H,9-14H2,1-4H3,(H,28,31)/t16-,20+/m0/s1. The van der Waals surface area contributed by atoms with E-state index in [-0.39, 0.29) is 23.7 Å². The Hall–Kier alpha value is -2.94. The third-order valence-corrected chi connectivity index (χ3v) is 6.03. The fraction of sp³-hybridized carbons (Fsp3) is 0.542. The van der Waals surface area contributed by atoms with Gasteiger partial charge in [0.2, 0.25) is 11.7 Å². The van der Waals surface area contributed by atoms with Gasteiger partial charge >= 0.3 is 0 Å². The van der Waals surface area contributed by atoms with Crippen LogP contribution < -0.4 is 19.9 Å². The van der Waals surface area contributed by atoms with Crippen molar-refractivity contribution in [2.45, 2.75) is 51.9 Å². The van der Waals surface area contributed by atoms with Gasteiger partial charge in [0.05, 0.1) is 24.8 Å². The molecule has 1 aromatic heterocycles. The molecule has 0 saturated carbocycles. The summed E-state index contributed by atoms with van der Waals surface area (Å²) in [5, 5.41) is 2.87. The number of nitrogens with one attached hydrogen (secondary N) is 1. The van der Waals surface area contributed by atoms with Gasteiger partial charge in [-0.15, -0.1) is 0 Å². The van der Waals surface area contributed by atoms with Crippen LogP contribution in [0.25, 0.3) is 0 Å². The smallest absolute Gasteiger partial charge is 0.217 e. The lowest BCUT2D eigenvalue weighted by molar-refractivity contribution is -0.119. The van der Waals surface area contributed by atoms with Gasteiger partial charge in [-0.25, -0.2) is 9.97 Å². The van der Waals surface area contributed by atoms with E-state index in [1.165, 1.54) is 13.3 Å². The van der Waals surface area contributed by atoms with E-state index in [0.717, 1.165) is 17.7 Å². The molecular formula is C24H32FN5O3. The molecule has 8 nitrogen and oxygen atoms in total. The Balaban J connectivity index is 1.39. The zero-order chi connectivity index (χ0) is 23.6. The highest BCUT2D eigenvalue weighted by Crippen LogP contribution is 2.30. The molecule has 2 fully saturated rings. The lowest BCUT2D eigenvalue weighted by atomic mass is 10.1. The molecule has 0 unspecified atom stereocenters. The van der Waals surface area contributed by atoms with E-state index < -0.39 is 5.82 Å². The number of carbonyl (C=O) groups excluding carboxylic acids is 1. The molecular weight excluding hydrogens is 425 g/mol. The summed E-state index contributed by atoms with van der Waals surface area (Å²) in [7, 11) is 0. The van der Waals surface area contributed by atoms with Gasteiger partial charge in [0.1, 0.15) is 18.2 Å². The SMILES string of the molecule is CC(=O)N[C@@H](C)c1ccc(O[C@@H]2CCN(c3ncnc(N4CCOC(C)(C)C4)c3F)C2)cc1. The zero-order valence-electron chi connectivity index (χ0n) is 19.7. The first-order valence-corrected chi connectivity index (χ1v) is 11.4. The van der Waals surface area contributed by atoms with Crippen LogP contribution in [0.2, 0.25) is 0 Å². The number of benzene rings is 1. The van der Waals surface area contributed by atoms with Crippen molar-refractivity contribution in [3.63, 3.8) is 0 Å². The number of hydrogen-bond donors (Lipinski definition) is 1. The van der Waals surface area contributed by atoms with E-state index >= 15 is 4.39 Å². The summed E-state index contributed by atoms with van der Waals surface area (Å²) >= 11 is 0. The summed E-state index contributed by atoms with van der Waals surface area (Å²) in [6.45, 7) is 10.3. The Bertz CT molecular complexity index is 985. The Morgan fingerprint density at radius 2 is 1.91 bits per heavy atom. The van der Waals surface area contributed by atoms with E-state index in [1.54, 1.807) is 0 Å². The quantitative estimate of drug-likeness (QED) is 0.714. The molecule has 9 heteroatoms. The summed E-state index contributed by atoms with van der Waals surface area (Å²) < 4.78 is 27.3. The van der Waals surface area contributed by atoms with Gasteiger partial charge in [-0.1, -0.05) is 12.1 Å². The highest BCUT2D eigenvalue weighted by molar-refractivity contribution is 5.73. The molecule has 2 aliphatic rings. The van der Waals surface area contributed by atoms with Crippen LogP contribution in [0, 0.1) is 5.82 Å². The van der Waals surface area contributed by atoms with E-state index in [2.05, 4.69) is 15.3 Å². The molecule has 1 aromatic carbocycles. The minimum absolute atomic E-state index is 0.0636. The Morgan fingerprint density at radius 3 is 2.58 bits per heavy atom. The van der Waals surface area contributed by atoms with Gasteiger partial charge in [0, 0.05) is 33.0 Å². The van der Waals surface area contributed by atoms with E-state index in [4.69, 9.17) is 9.47 Å². The number of halogens is 1. The second-order valence-electron chi connectivity index (χ2n) is 9.33. The van der Waals surface area contributed by atoms with Crippen LogP contribution in [0.1, 0.15) is 45.7 Å². The molecule has 1 amide bonds. The van der Waals surface area contributed by atoms with Crippen molar-refractivity contribution >= 4 is 17.5 Å². The second-order valence-corrected chi connectivity index (χ2v) is 9.33. The molecule has 2 aromatic rings. The number of amides is 1. The van der Waals surface area contributed by atoms with Crippen molar-refractivity contribution in [3.05, 3.63) is 42.0 Å². The molecule has 0 spiro atoms. The van der Waals surface area contributed by atoms with Gasteiger partial charge in [0.25, 0.3) is 0 Å². The Morgan fingerprint density at radius 1 is 1.21 bits per heavy atom. The van der Waals surface area contributed by atoms with Crippen molar-refractivity contribution in [2.24, 2.45) is 0 Å². The topological polar surface area (TPSA) is 79.8 Å². The third kappa shape index (κ3) is 5.52. The number of anilines is 2. The fourth-order valence-electron chi connectivity index (χ4n) is 4.42. The normalized spacial score (nSPS) is 21.1. The maximum Gasteiger partial charge on any atom is 0.217 e. The van der Waals surface area contributed by atoms with Gasteiger partial charge < -0.3 is 24.6 Å². The van der Waals surface area contributed by atoms with Crippen molar-refractivity contribution < 1.29 is 18.7 Å². The van der Waals surface area contributed by atoms with E-state index in [9.17, 15) is 4.79 Å². The van der Waals surface area contributed by atoms with Crippen LogP contribution in [0.5, 0.6) is 5.75 Å². The summed E-state index contributed by atoms with van der Waals surface area (Å²) in [4.78, 5) is 23.6. The maximum atomic E-state index is 15.4. The van der Waals surface area contributed by atoms with Gasteiger partial charge in [-0.05, 0) is 38.5 Å². The first-order chi connectivity index (χ1) is 15.7. The fourth-order valence-corrected chi connectivity index (χ4v) is 4.42. The van der Waals surface area contributed by atoms with Crippen molar-refractivity contribution in [1.29, 1.82) is 0 Å². The number of hydrogen-bond acceptors (Lipinski definition) is 7. The maximum absolute atomic E-state index is 15.4. The Kier molecular flexibility index (Phi) is 6.69. The third-order valence-electron chi connectivity index (χ3n) is 6.03. The predicted octanol–water partition coefficient (Wildman–Crippen LogP) is 3.09. The molecule has 3 heterocycles. The van der Waals surface area contributed by atoms with Crippen LogP contribution in [-0.2, 0) is 9.53 Å². The van der Waals surface area contributed by atoms with Gasteiger partial charge in [-0.3, -0.25) is 4.79 Å². The number of rotatable bonds is 6. The van der Waals surface area contributed by atoms with Crippen LogP contribution in [0.3, 0.4) is 0 Å². The van der Waals surface area contributed by atoms with Crippen molar-refractivity contribution in [2.75, 3.05) is 42.6 Å². The van der Waals surface area contributed by atoms with Crippen LogP contribution >= 0.6 is 0 Å². The Labute approximate surface area is 194 Å². The van der Waals surface area contributed by atoms with Crippen molar-refractivity contribution in [1.82, 2.24) is 15.3 Å². The molecule has 178 valence electrons. The molecule has 1 N–H and O–H groups in total. The molecule has 0 bridgehead atoms. The molecule has 2 atom stereocenters. The second kappa shape index (κ2) is 9.51. The molecule has 0 aliphatic carbocycles. The number of ether oxygens (including phenoxy) is 2. The number of nitrogens with zero attached hydrogens (tertiary/aromatic N) is 4. The summed E-state index contributed by atoms with van der Waals surface area (Å²) in [5.74, 6) is 0.929. The average molecular weight is 458 g/mol. The lowest BCUT2D eigenvalue weighted by Crippen LogP contribution is -2.49. The van der Waals surface area contributed by atoms with Gasteiger partial charge in [-0.2, -0.15) is 4.39 Å². The number of morpholine rings is 1. The average Bonchev–Trinajstić information content (AvgIpc) is 3.21. The van der Waals surface area contributed by atoms with E-state index in [0.29, 0.717) is 44.4 Å². The first kappa shape index (κ1) is 23.2. The minimum Gasteiger partial charge on any atom is -0.489 e. The van der Waals surface area contributed by atoms with Crippen molar-refractivity contribution in [3.8, 4) is 5.75 Å². The predicted molar refractivity (Wildman–Crippen MR) is 124 cm³/mol. The molecule has 4 rings (SSSR count). The first-order valence-electron chi connectivity index (χ1n) is 11.4. The lowest BCUT2D eigenvalue weighted by Gasteiger charge is -2.39. The number of aromatic nitrogens is 2. The van der Waals surface area contributed by atoms with Crippen LogP contribution in [-0.4, -0.2) is 60.4 Å². The molecule has 33 heavy (non-hydrogen) atoms. The van der Waals surface area contributed by atoms with Crippen LogP contribution in [0.4, 0.5) is 16.0 Å². The largest absolute Gasteiger partial charge is 0.489 e.